The number of aromatic nitrogens is 1. The number of ether oxygens (including phenoxy) is 1. The molecule has 1 heterocycles. The van der Waals surface area contributed by atoms with Gasteiger partial charge in [-0.2, -0.15) is 0 Å². The summed E-state index contributed by atoms with van der Waals surface area (Å²) in [7, 11) is 1.57. The molecule has 0 atom stereocenters. The van der Waals surface area contributed by atoms with Crippen molar-refractivity contribution in [1.82, 2.24) is 10.1 Å². The molecule has 0 spiro atoms. The molecule has 5 nitrogen and oxygen atoms in total. The van der Waals surface area contributed by atoms with Crippen molar-refractivity contribution in [3.05, 3.63) is 17.5 Å². The summed E-state index contributed by atoms with van der Waals surface area (Å²) in [5.74, 6) is 0.895. The van der Waals surface area contributed by atoms with Gasteiger partial charge in [-0.05, 0) is 12.8 Å². The Morgan fingerprint density at radius 1 is 1.58 bits per heavy atom. The zero-order valence-electron chi connectivity index (χ0n) is 11.1. The molecule has 0 unspecified atom stereocenters. The van der Waals surface area contributed by atoms with Crippen LogP contribution in [0.15, 0.2) is 10.6 Å². The summed E-state index contributed by atoms with van der Waals surface area (Å²) in [6.07, 6.45) is 4.44. The lowest BCUT2D eigenvalue weighted by molar-refractivity contribution is 0.0684. The second-order valence-electron chi connectivity index (χ2n) is 4.74. The third-order valence-electron chi connectivity index (χ3n) is 3.42. The van der Waals surface area contributed by atoms with Crippen LogP contribution in [0.5, 0.6) is 0 Å². The van der Waals surface area contributed by atoms with Crippen molar-refractivity contribution in [3.8, 4) is 0 Å². The fraction of sp³-hybridized carbons (Fsp3) is 0.692. The molecular formula is C13H19ClN2O3. The Morgan fingerprint density at radius 3 is 2.95 bits per heavy atom. The van der Waals surface area contributed by atoms with Crippen LogP contribution >= 0.6 is 11.6 Å². The number of carbonyl (C=O) groups is 1. The molecule has 0 aromatic carbocycles. The van der Waals surface area contributed by atoms with Crippen molar-refractivity contribution in [2.45, 2.75) is 38.3 Å². The van der Waals surface area contributed by atoms with Gasteiger partial charge in [0, 0.05) is 31.6 Å². The molecule has 6 heteroatoms. The molecule has 1 aliphatic carbocycles. The number of nitrogens with zero attached hydrogens (tertiary/aromatic N) is 2. The van der Waals surface area contributed by atoms with Gasteiger partial charge in [0.1, 0.15) is 6.61 Å². The number of amides is 1. The third-order valence-corrected chi connectivity index (χ3v) is 3.59. The molecule has 19 heavy (non-hydrogen) atoms. The minimum absolute atomic E-state index is 0.0985. The van der Waals surface area contributed by atoms with E-state index in [-0.39, 0.29) is 11.9 Å². The SMILES string of the molecule is COCc1cc(C(=O)N(CCCl)C2CCCC2)no1. The van der Waals surface area contributed by atoms with Crippen molar-refractivity contribution in [2.24, 2.45) is 0 Å². The Labute approximate surface area is 117 Å². The quantitative estimate of drug-likeness (QED) is 0.754. The van der Waals surface area contributed by atoms with Gasteiger partial charge >= 0.3 is 0 Å². The summed E-state index contributed by atoms with van der Waals surface area (Å²) in [5, 5.41) is 3.82. The number of hydrogen-bond donors (Lipinski definition) is 0. The largest absolute Gasteiger partial charge is 0.377 e. The first kappa shape index (κ1) is 14.3. The molecule has 2 rings (SSSR count). The van der Waals surface area contributed by atoms with Crippen LogP contribution in [0.2, 0.25) is 0 Å². The Morgan fingerprint density at radius 2 is 2.32 bits per heavy atom. The van der Waals surface area contributed by atoms with Crippen LogP contribution in [0.1, 0.15) is 41.9 Å². The first-order valence-corrected chi connectivity index (χ1v) is 7.11. The van der Waals surface area contributed by atoms with E-state index in [4.69, 9.17) is 20.9 Å². The molecule has 1 aromatic heterocycles. The minimum atomic E-state index is -0.0985. The Kier molecular flexibility index (Phi) is 5.22. The second-order valence-corrected chi connectivity index (χ2v) is 5.12. The van der Waals surface area contributed by atoms with Crippen molar-refractivity contribution in [3.63, 3.8) is 0 Å². The second kappa shape index (κ2) is 6.91. The molecule has 0 saturated heterocycles. The number of halogens is 1. The van der Waals surface area contributed by atoms with Crippen LogP contribution in [-0.2, 0) is 11.3 Å². The summed E-state index contributed by atoms with van der Waals surface area (Å²) in [4.78, 5) is 14.3. The van der Waals surface area contributed by atoms with Gasteiger partial charge in [-0.1, -0.05) is 18.0 Å². The van der Waals surface area contributed by atoms with E-state index in [0.717, 1.165) is 12.8 Å². The van der Waals surface area contributed by atoms with Crippen molar-refractivity contribution < 1.29 is 14.1 Å². The average Bonchev–Trinajstić information content (AvgIpc) is 3.06. The van der Waals surface area contributed by atoms with Gasteiger partial charge in [0.05, 0.1) is 0 Å². The van der Waals surface area contributed by atoms with Gasteiger partial charge in [-0.15, -0.1) is 11.6 Å². The van der Waals surface area contributed by atoms with E-state index in [1.807, 2.05) is 4.90 Å². The van der Waals surface area contributed by atoms with Crippen molar-refractivity contribution in [2.75, 3.05) is 19.5 Å². The normalized spacial score (nSPS) is 15.9. The van der Waals surface area contributed by atoms with E-state index in [1.165, 1.54) is 12.8 Å². The van der Waals surface area contributed by atoms with Crippen LogP contribution in [0, 0.1) is 0 Å². The van der Waals surface area contributed by atoms with Crippen molar-refractivity contribution in [1.29, 1.82) is 0 Å². The molecule has 0 N–H and O–H groups in total. The molecule has 1 aliphatic rings. The first-order chi connectivity index (χ1) is 9.26. The minimum Gasteiger partial charge on any atom is -0.377 e. The highest BCUT2D eigenvalue weighted by molar-refractivity contribution is 6.18. The lowest BCUT2D eigenvalue weighted by Crippen LogP contribution is -2.40. The van der Waals surface area contributed by atoms with E-state index in [2.05, 4.69) is 5.16 Å². The number of methoxy groups -OCH3 is 1. The highest BCUT2D eigenvalue weighted by Crippen LogP contribution is 2.25. The Bertz CT molecular complexity index is 416. The Hall–Kier alpha value is -1.07. The van der Waals surface area contributed by atoms with Gasteiger partial charge in [0.2, 0.25) is 0 Å². The third kappa shape index (κ3) is 3.48. The van der Waals surface area contributed by atoms with E-state index >= 15 is 0 Å². The average molecular weight is 287 g/mol. The molecule has 0 radical (unpaired) electrons. The molecule has 1 fully saturated rings. The van der Waals surface area contributed by atoms with Crippen LogP contribution in [-0.4, -0.2) is 41.5 Å². The lowest BCUT2D eigenvalue weighted by atomic mass is 10.2. The molecule has 0 aliphatic heterocycles. The van der Waals surface area contributed by atoms with Crippen LogP contribution in [0.4, 0.5) is 0 Å². The van der Waals surface area contributed by atoms with E-state index in [9.17, 15) is 4.79 Å². The number of alkyl halides is 1. The summed E-state index contributed by atoms with van der Waals surface area (Å²) < 4.78 is 10.0. The first-order valence-electron chi connectivity index (χ1n) is 6.57. The Balaban J connectivity index is 2.08. The maximum atomic E-state index is 12.4. The van der Waals surface area contributed by atoms with Crippen LogP contribution in [0.25, 0.3) is 0 Å². The van der Waals surface area contributed by atoms with E-state index in [0.29, 0.717) is 30.5 Å². The van der Waals surface area contributed by atoms with Crippen molar-refractivity contribution >= 4 is 17.5 Å². The summed E-state index contributed by atoms with van der Waals surface area (Å²) >= 11 is 5.80. The highest BCUT2D eigenvalue weighted by Gasteiger charge is 2.28. The molecular weight excluding hydrogens is 268 g/mol. The lowest BCUT2D eigenvalue weighted by Gasteiger charge is -2.27. The highest BCUT2D eigenvalue weighted by atomic mass is 35.5. The summed E-state index contributed by atoms with van der Waals surface area (Å²) in [6.45, 7) is 0.872. The van der Waals surface area contributed by atoms with Gasteiger partial charge < -0.3 is 14.2 Å². The maximum Gasteiger partial charge on any atom is 0.276 e. The number of carbonyl (C=O) groups excluding carboxylic acids is 1. The van der Waals surface area contributed by atoms with Gasteiger partial charge in [0.25, 0.3) is 5.91 Å². The maximum absolute atomic E-state index is 12.4. The predicted octanol–water partition coefficient (Wildman–Crippen LogP) is 2.44. The molecule has 0 bridgehead atoms. The zero-order valence-corrected chi connectivity index (χ0v) is 11.9. The number of hydrogen-bond acceptors (Lipinski definition) is 4. The fourth-order valence-electron chi connectivity index (χ4n) is 2.53. The van der Waals surface area contributed by atoms with Crippen LogP contribution < -0.4 is 0 Å². The molecule has 1 saturated carbocycles. The molecule has 1 amide bonds. The van der Waals surface area contributed by atoms with E-state index in [1.54, 1.807) is 13.2 Å². The zero-order chi connectivity index (χ0) is 13.7. The van der Waals surface area contributed by atoms with E-state index < -0.39 is 0 Å². The van der Waals surface area contributed by atoms with Gasteiger partial charge in [-0.3, -0.25) is 4.79 Å². The number of rotatable bonds is 6. The van der Waals surface area contributed by atoms with Gasteiger partial charge in [0.15, 0.2) is 11.5 Å². The molecule has 106 valence electrons. The standard InChI is InChI=1S/C13H19ClN2O3/c1-18-9-11-8-12(15-19-11)13(17)16(7-6-14)10-4-2-3-5-10/h8,10H,2-7,9H2,1H3. The van der Waals surface area contributed by atoms with Crippen LogP contribution in [0.3, 0.4) is 0 Å². The summed E-state index contributed by atoms with van der Waals surface area (Å²) in [6, 6.07) is 1.93. The summed E-state index contributed by atoms with van der Waals surface area (Å²) in [5.41, 5.74) is 0.337. The fourth-order valence-corrected chi connectivity index (χ4v) is 2.71. The molecule has 1 aromatic rings. The predicted molar refractivity (Wildman–Crippen MR) is 71.2 cm³/mol. The topological polar surface area (TPSA) is 55.6 Å². The van der Waals surface area contributed by atoms with Gasteiger partial charge in [-0.25, -0.2) is 0 Å². The smallest absolute Gasteiger partial charge is 0.276 e. The monoisotopic (exact) mass is 286 g/mol.